The van der Waals surface area contributed by atoms with Crippen molar-refractivity contribution in [3.8, 4) is 11.8 Å². The fourth-order valence-corrected chi connectivity index (χ4v) is 4.59. The standard InChI is InChI=1S/C29H23N3O2S/c30-21-25(27(33)31-20-19-23-13-6-2-7-14-23)29-32(24-16-8-3-9-17-24)28(34)26(35-29)18-10-15-22-11-4-1-5-12-22/h1-18H,19-20H2,(H,31,33)/b15-10+,26-18-,29-25-. The summed E-state index contributed by atoms with van der Waals surface area (Å²) in [6.07, 6.45) is 6.06. The van der Waals surface area contributed by atoms with Gasteiger partial charge in [-0.15, -0.1) is 11.3 Å². The molecule has 6 heteroatoms. The maximum Gasteiger partial charge on any atom is 0.273 e. The molecule has 1 heterocycles. The highest BCUT2D eigenvalue weighted by Crippen LogP contribution is 2.04. The Morgan fingerprint density at radius 3 is 2.23 bits per heavy atom. The van der Waals surface area contributed by atoms with Gasteiger partial charge < -0.3 is 5.32 Å². The number of nitriles is 1. The van der Waals surface area contributed by atoms with Gasteiger partial charge in [0.1, 0.15) is 10.7 Å². The molecule has 0 aliphatic carbocycles. The molecule has 0 unspecified atom stereocenters. The summed E-state index contributed by atoms with van der Waals surface area (Å²) in [5.74, 6) is -0.499. The molecule has 0 bridgehead atoms. The van der Waals surface area contributed by atoms with Gasteiger partial charge in [-0.05, 0) is 35.8 Å². The van der Waals surface area contributed by atoms with Crippen LogP contribution < -0.4 is 20.1 Å². The first-order valence-corrected chi connectivity index (χ1v) is 12.0. The molecule has 0 aliphatic rings. The zero-order valence-corrected chi connectivity index (χ0v) is 19.7. The van der Waals surface area contributed by atoms with E-state index in [9.17, 15) is 14.9 Å². The molecule has 4 rings (SSSR count). The fourth-order valence-electron chi connectivity index (χ4n) is 3.54. The number of aromatic nitrogens is 1. The Morgan fingerprint density at radius 1 is 0.943 bits per heavy atom. The van der Waals surface area contributed by atoms with E-state index in [1.807, 2.05) is 91.0 Å². The van der Waals surface area contributed by atoms with Crippen LogP contribution in [0.5, 0.6) is 0 Å². The number of thiazole rings is 1. The highest BCUT2D eigenvalue weighted by Gasteiger charge is 2.16. The smallest absolute Gasteiger partial charge is 0.273 e. The second-order valence-corrected chi connectivity index (χ2v) is 8.69. The van der Waals surface area contributed by atoms with Crippen LogP contribution in [0.2, 0.25) is 0 Å². The molecule has 1 aromatic heterocycles. The lowest BCUT2D eigenvalue weighted by Gasteiger charge is -2.06. The second-order valence-electron chi connectivity index (χ2n) is 7.66. The number of amides is 1. The fraction of sp³-hybridized carbons (Fsp3) is 0.0690. The van der Waals surface area contributed by atoms with E-state index in [0.717, 1.165) is 22.5 Å². The highest BCUT2D eigenvalue weighted by atomic mass is 32.1. The minimum atomic E-state index is -0.499. The minimum absolute atomic E-state index is 0.0873. The van der Waals surface area contributed by atoms with E-state index in [4.69, 9.17) is 0 Å². The second kappa shape index (κ2) is 11.6. The lowest BCUT2D eigenvalue weighted by atomic mass is 10.1. The summed E-state index contributed by atoms with van der Waals surface area (Å²) in [6, 6.07) is 30.6. The topological polar surface area (TPSA) is 74.9 Å². The van der Waals surface area contributed by atoms with Crippen molar-refractivity contribution in [2.75, 3.05) is 6.54 Å². The summed E-state index contributed by atoms with van der Waals surface area (Å²) in [7, 11) is 0. The number of hydrogen-bond donors (Lipinski definition) is 1. The summed E-state index contributed by atoms with van der Waals surface area (Å²) in [5.41, 5.74) is 2.33. The van der Waals surface area contributed by atoms with Gasteiger partial charge >= 0.3 is 0 Å². The molecule has 5 nitrogen and oxygen atoms in total. The van der Waals surface area contributed by atoms with Crippen LogP contribution in [-0.4, -0.2) is 17.0 Å². The molecule has 0 radical (unpaired) electrons. The van der Waals surface area contributed by atoms with Crippen molar-refractivity contribution >= 4 is 35.0 Å². The molecule has 1 amide bonds. The van der Waals surface area contributed by atoms with Gasteiger partial charge in [0.25, 0.3) is 11.5 Å². The maximum absolute atomic E-state index is 13.3. The Bertz CT molecular complexity index is 1550. The monoisotopic (exact) mass is 477 g/mol. The Labute approximate surface area is 207 Å². The van der Waals surface area contributed by atoms with Crippen LogP contribution in [0, 0.1) is 11.3 Å². The first-order valence-electron chi connectivity index (χ1n) is 11.1. The van der Waals surface area contributed by atoms with Crippen LogP contribution in [0.1, 0.15) is 11.1 Å². The Hall–Kier alpha value is -4.47. The predicted molar refractivity (Wildman–Crippen MR) is 141 cm³/mol. The van der Waals surface area contributed by atoms with E-state index in [0.29, 0.717) is 27.8 Å². The number of nitrogens with one attached hydrogen (secondary N) is 1. The number of carbonyl (C=O) groups is 1. The lowest BCUT2D eigenvalue weighted by molar-refractivity contribution is -0.115. The summed E-state index contributed by atoms with van der Waals surface area (Å²) >= 11 is 1.13. The molecule has 1 N–H and O–H groups in total. The number of hydrogen-bond acceptors (Lipinski definition) is 4. The van der Waals surface area contributed by atoms with E-state index in [2.05, 4.69) is 5.32 Å². The Kier molecular flexibility index (Phi) is 7.84. The first kappa shape index (κ1) is 23.7. The van der Waals surface area contributed by atoms with Crippen molar-refractivity contribution in [2.45, 2.75) is 6.42 Å². The number of benzene rings is 3. The molecular weight excluding hydrogens is 454 g/mol. The summed E-state index contributed by atoms with van der Waals surface area (Å²) in [4.78, 5) is 26.3. The molecule has 3 aromatic carbocycles. The number of para-hydroxylation sites is 1. The lowest BCUT2D eigenvalue weighted by Crippen LogP contribution is -2.34. The average molecular weight is 478 g/mol. The zero-order valence-electron chi connectivity index (χ0n) is 18.9. The van der Waals surface area contributed by atoms with Crippen molar-refractivity contribution in [2.24, 2.45) is 0 Å². The predicted octanol–water partition coefficient (Wildman–Crippen LogP) is 3.43. The molecule has 0 saturated carbocycles. The Morgan fingerprint density at radius 2 is 1.57 bits per heavy atom. The zero-order chi connectivity index (χ0) is 24.5. The normalized spacial score (nSPS) is 12.4. The van der Waals surface area contributed by atoms with Gasteiger partial charge in [0.15, 0.2) is 5.57 Å². The third-order valence-electron chi connectivity index (χ3n) is 5.27. The van der Waals surface area contributed by atoms with E-state index in [-0.39, 0.29) is 11.1 Å². The van der Waals surface area contributed by atoms with Gasteiger partial charge in [0.05, 0.1) is 10.2 Å². The number of allylic oxidation sites excluding steroid dienone is 1. The third kappa shape index (κ3) is 5.91. The first-order chi connectivity index (χ1) is 17.2. The molecule has 0 spiro atoms. The van der Waals surface area contributed by atoms with E-state index >= 15 is 0 Å². The molecule has 0 aliphatic heterocycles. The van der Waals surface area contributed by atoms with Crippen LogP contribution in [-0.2, 0) is 11.2 Å². The molecule has 0 fully saturated rings. The molecule has 0 atom stereocenters. The van der Waals surface area contributed by atoms with Crippen LogP contribution in [0.25, 0.3) is 23.4 Å². The molecular formula is C29H23N3O2S. The van der Waals surface area contributed by atoms with Gasteiger partial charge in [0.2, 0.25) is 0 Å². The molecule has 35 heavy (non-hydrogen) atoms. The molecule has 0 saturated heterocycles. The quantitative estimate of drug-likeness (QED) is 0.443. The van der Waals surface area contributed by atoms with Gasteiger partial charge in [-0.3, -0.25) is 14.2 Å². The summed E-state index contributed by atoms with van der Waals surface area (Å²) in [5, 5.41) is 12.7. The molecule has 172 valence electrons. The van der Waals surface area contributed by atoms with Crippen molar-refractivity contribution in [3.05, 3.63) is 128 Å². The number of carbonyl (C=O) groups excluding carboxylic acids is 1. The third-order valence-corrected chi connectivity index (χ3v) is 6.38. The SMILES string of the molecule is N#C/C(C(=O)NCCc1ccccc1)=c1/s/c(=C\C=C\c2ccccc2)c(=O)n1-c1ccccc1. The minimum Gasteiger partial charge on any atom is -0.351 e. The van der Waals surface area contributed by atoms with Crippen molar-refractivity contribution < 1.29 is 4.79 Å². The average Bonchev–Trinajstić information content (AvgIpc) is 3.22. The van der Waals surface area contributed by atoms with Crippen molar-refractivity contribution in [3.63, 3.8) is 0 Å². The van der Waals surface area contributed by atoms with E-state index in [1.165, 1.54) is 4.57 Å². The highest BCUT2D eigenvalue weighted by molar-refractivity contribution is 7.07. The maximum atomic E-state index is 13.3. The number of rotatable bonds is 7. The van der Waals surface area contributed by atoms with Crippen molar-refractivity contribution in [1.82, 2.24) is 9.88 Å². The van der Waals surface area contributed by atoms with Gasteiger partial charge in [-0.1, -0.05) is 91.0 Å². The molecule has 4 aromatic rings. The van der Waals surface area contributed by atoms with Crippen LogP contribution >= 0.6 is 11.3 Å². The van der Waals surface area contributed by atoms with Gasteiger partial charge in [0, 0.05) is 6.54 Å². The van der Waals surface area contributed by atoms with Crippen molar-refractivity contribution in [1.29, 1.82) is 5.26 Å². The van der Waals surface area contributed by atoms with Crippen LogP contribution in [0.3, 0.4) is 0 Å². The largest absolute Gasteiger partial charge is 0.351 e. The Balaban J connectivity index is 1.73. The van der Waals surface area contributed by atoms with Crippen LogP contribution in [0.15, 0.2) is 102 Å². The van der Waals surface area contributed by atoms with Crippen LogP contribution in [0.4, 0.5) is 0 Å². The van der Waals surface area contributed by atoms with Gasteiger partial charge in [-0.2, -0.15) is 5.26 Å². The van der Waals surface area contributed by atoms with Gasteiger partial charge in [-0.25, -0.2) is 0 Å². The van der Waals surface area contributed by atoms with E-state index < -0.39 is 5.91 Å². The summed E-state index contributed by atoms with van der Waals surface area (Å²) < 4.78 is 2.17. The van der Waals surface area contributed by atoms with E-state index in [1.54, 1.807) is 24.3 Å². The summed E-state index contributed by atoms with van der Waals surface area (Å²) in [6.45, 7) is 0.383. The number of nitrogens with zero attached hydrogens (tertiary/aromatic N) is 2.